The van der Waals surface area contributed by atoms with Gasteiger partial charge in [0, 0.05) is 38.3 Å². The van der Waals surface area contributed by atoms with Crippen LogP contribution in [0.2, 0.25) is 0 Å². The van der Waals surface area contributed by atoms with Crippen molar-refractivity contribution in [1.29, 1.82) is 0 Å². The summed E-state index contributed by atoms with van der Waals surface area (Å²) in [5, 5.41) is 20.7. The van der Waals surface area contributed by atoms with E-state index in [-0.39, 0.29) is 35.5 Å². The molecule has 6 rings (SSSR count). The summed E-state index contributed by atoms with van der Waals surface area (Å²) in [6.45, 7) is 14.1. The van der Waals surface area contributed by atoms with Crippen molar-refractivity contribution in [2.75, 3.05) is 27.4 Å². The SMILES string of the molecule is COCCC1C(C)CCC1C1(C=O)CC2C=C(C(C)C)C1(C(=O)O)C2.COCCC1C(C)CCC1C1(C=O)CC2C=C(C(C)C)C1(C(=O)O)C2. The smallest absolute Gasteiger partial charge is 0.314 e. The molecule has 12 unspecified atom stereocenters. The minimum atomic E-state index is -0.992. The van der Waals surface area contributed by atoms with Gasteiger partial charge in [0.05, 0.1) is 0 Å². The van der Waals surface area contributed by atoms with Gasteiger partial charge in [0.25, 0.3) is 0 Å². The van der Waals surface area contributed by atoms with Crippen LogP contribution in [0.3, 0.4) is 0 Å². The van der Waals surface area contributed by atoms with Gasteiger partial charge in [-0.3, -0.25) is 9.59 Å². The molecular weight excluding hydrogens is 632 g/mol. The molecule has 0 aromatic rings. The van der Waals surface area contributed by atoms with Crippen LogP contribution < -0.4 is 0 Å². The maximum absolute atomic E-state index is 12.6. The van der Waals surface area contributed by atoms with Gasteiger partial charge in [-0.1, -0.05) is 77.7 Å². The van der Waals surface area contributed by atoms with Gasteiger partial charge in [0.15, 0.2) is 0 Å². The molecule has 0 heterocycles. The van der Waals surface area contributed by atoms with E-state index in [0.29, 0.717) is 62.6 Å². The number of carbonyl (C=O) groups excluding carboxylic acids is 2. The second kappa shape index (κ2) is 14.6. The maximum atomic E-state index is 12.6. The summed E-state index contributed by atoms with van der Waals surface area (Å²) in [7, 11) is 3.42. The first-order chi connectivity index (χ1) is 23.7. The normalized spacial score (nSPS) is 42.8. The van der Waals surface area contributed by atoms with E-state index < -0.39 is 33.6 Å². The van der Waals surface area contributed by atoms with Crippen LogP contribution in [0.5, 0.6) is 0 Å². The molecule has 0 aliphatic heterocycles. The van der Waals surface area contributed by atoms with Gasteiger partial charge in [-0.15, -0.1) is 0 Å². The Morgan fingerprint density at radius 1 is 0.700 bits per heavy atom. The molecule has 0 saturated heterocycles. The van der Waals surface area contributed by atoms with E-state index in [9.17, 15) is 29.4 Å². The summed E-state index contributed by atoms with van der Waals surface area (Å²) in [6, 6.07) is 0. The van der Waals surface area contributed by atoms with Crippen LogP contribution in [0.4, 0.5) is 0 Å². The van der Waals surface area contributed by atoms with E-state index in [2.05, 4.69) is 53.7 Å². The zero-order valence-electron chi connectivity index (χ0n) is 31.9. The lowest BCUT2D eigenvalue weighted by Gasteiger charge is -2.48. The van der Waals surface area contributed by atoms with Gasteiger partial charge in [-0.25, -0.2) is 0 Å². The van der Waals surface area contributed by atoms with E-state index in [1.165, 1.54) is 0 Å². The predicted octanol–water partition coefficient (Wildman–Crippen LogP) is 7.90. The molecule has 8 nitrogen and oxygen atoms in total. The van der Waals surface area contributed by atoms with Gasteiger partial charge in [-0.2, -0.15) is 0 Å². The maximum Gasteiger partial charge on any atom is 0.314 e. The minimum Gasteiger partial charge on any atom is -0.481 e. The highest BCUT2D eigenvalue weighted by molar-refractivity contribution is 5.89. The molecule has 2 N–H and O–H groups in total. The zero-order valence-corrected chi connectivity index (χ0v) is 31.9. The van der Waals surface area contributed by atoms with Crippen LogP contribution in [-0.4, -0.2) is 62.2 Å². The molecule has 12 atom stereocenters. The largest absolute Gasteiger partial charge is 0.481 e. The first-order valence-corrected chi connectivity index (χ1v) is 19.5. The van der Waals surface area contributed by atoms with Gasteiger partial charge in [0.1, 0.15) is 23.4 Å². The fraction of sp³-hybridized carbons (Fsp3) is 0.810. The molecule has 8 heteroatoms. The van der Waals surface area contributed by atoms with Crippen molar-refractivity contribution in [1.82, 2.24) is 0 Å². The van der Waals surface area contributed by atoms with E-state index in [0.717, 1.165) is 62.2 Å². The van der Waals surface area contributed by atoms with Gasteiger partial charge in [-0.05, 0) is 111 Å². The summed E-state index contributed by atoms with van der Waals surface area (Å²) in [5.74, 6) is 1.31. The van der Waals surface area contributed by atoms with Crippen molar-refractivity contribution in [3.63, 3.8) is 0 Å². The number of hydrogen-bond acceptors (Lipinski definition) is 6. The van der Waals surface area contributed by atoms with Crippen molar-refractivity contribution in [3.05, 3.63) is 23.3 Å². The van der Waals surface area contributed by atoms with Gasteiger partial charge in [0.2, 0.25) is 0 Å². The Balaban J connectivity index is 0.000000194. The van der Waals surface area contributed by atoms with Crippen molar-refractivity contribution in [2.24, 2.45) is 80.8 Å². The minimum absolute atomic E-state index is 0.152. The lowest BCUT2D eigenvalue weighted by atomic mass is 9.52. The number of carboxylic acid groups (broad SMARTS) is 2. The number of aliphatic carboxylic acids is 2. The second-order valence-corrected chi connectivity index (χ2v) is 17.8. The Labute approximate surface area is 300 Å². The molecule has 6 aliphatic carbocycles. The molecular formula is C42H64O8. The standard InChI is InChI=1S/2C21H32O4/c2*1-13(2)18-9-15-10-20(12-22,21(18,11-15)19(23)24)17-6-5-14(3)16(17)7-8-25-4/h2*9,12-17H,5-8,10-11H2,1-4H3,(H,23,24). The summed E-state index contributed by atoms with van der Waals surface area (Å²) < 4.78 is 10.6. The van der Waals surface area contributed by atoms with E-state index in [1.807, 2.05) is 0 Å². The second-order valence-electron chi connectivity index (χ2n) is 17.8. The Kier molecular flexibility index (Phi) is 11.4. The quantitative estimate of drug-likeness (QED) is 0.139. The lowest BCUT2D eigenvalue weighted by molar-refractivity contribution is -0.160. The molecule has 0 radical (unpaired) electrons. The fourth-order valence-electron chi connectivity index (χ4n) is 13.2. The third-order valence-electron chi connectivity index (χ3n) is 15.1. The number of carboxylic acids is 2. The molecule has 0 aromatic heterocycles. The van der Waals surface area contributed by atoms with Crippen LogP contribution in [0.25, 0.3) is 0 Å². The van der Waals surface area contributed by atoms with Crippen LogP contribution in [-0.2, 0) is 28.7 Å². The average molecular weight is 697 g/mol. The molecule has 50 heavy (non-hydrogen) atoms. The number of allylic oxidation sites excluding steroid dienone is 2. The number of methoxy groups -OCH3 is 2. The molecule has 0 spiro atoms. The monoisotopic (exact) mass is 696 g/mol. The van der Waals surface area contributed by atoms with Crippen LogP contribution in [0.15, 0.2) is 23.3 Å². The van der Waals surface area contributed by atoms with E-state index in [4.69, 9.17) is 9.47 Å². The predicted molar refractivity (Wildman–Crippen MR) is 192 cm³/mol. The van der Waals surface area contributed by atoms with E-state index >= 15 is 0 Å². The van der Waals surface area contributed by atoms with E-state index in [1.54, 1.807) is 14.2 Å². The van der Waals surface area contributed by atoms with Gasteiger partial charge >= 0.3 is 11.9 Å². The molecule has 0 aromatic carbocycles. The van der Waals surface area contributed by atoms with Crippen molar-refractivity contribution in [3.8, 4) is 0 Å². The van der Waals surface area contributed by atoms with Crippen LogP contribution in [0.1, 0.15) is 106 Å². The molecule has 6 aliphatic rings. The molecule has 0 amide bonds. The Bertz CT molecular complexity index is 1260. The number of ether oxygens (including phenoxy) is 2. The van der Waals surface area contributed by atoms with Crippen LogP contribution in [0, 0.1) is 80.8 Å². The molecule has 280 valence electrons. The Morgan fingerprint density at radius 2 is 1.06 bits per heavy atom. The number of rotatable bonds is 14. The topological polar surface area (TPSA) is 127 Å². The average Bonchev–Trinajstić information content (AvgIpc) is 3.92. The number of fused-ring (bicyclic) bond motifs is 4. The number of aldehydes is 2. The highest BCUT2D eigenvalue weighted by Gasteiger charge is 2.72. The Hall–Kier alpha value is -2.32. The number of carbonyl (C=O) groups is 4. The zero-order chi connectivity index (χ0) is 36.8. The number of hydrogen-bond donors (Lipinski definition) is 2. The third-order valence-corrected chi connectivity index (χ3v) is 15.1. The summed E-state index contributed by atoms with van der Waals surface area (Å²) >= 11 is 0. The molecule has 4 bridgehead atoms. The Morgan fingerprint density at radius 3 is 1.34 bits per heavy atom. The van der Waals surface area contributed by atoms with Crippen LogP contribution >= 0.6 is 0 Å². The third kappa shape index (κ3) is 5.59. The fourth-order valence-corrected chi connectivity index (χ4v) is 13.2. The van der Waals surface area contributed by atoms with Gasteiger partial charge < -0.3 is 29.3 Å². The molecule has 4 saturated carbocycles. The first-order valence-electron chi connectivity index (χ1n) is 19.5. The first kappa shape index (κ1) is 38.9. The summed E-state index contributed by atoms with van der Waals surface area (Å²) in [5.41, 5.74) is -1.50. The highest BCUT2D eigenvalue weighted by atomic mass is 16.5. The van der Waals surface area contributed by atoms with Crippen molar-refractivity contribution >= 4 is 24.5 Å². The summed E-state index contributed by atoms with van der Waals surface area (Å²) in [4.78, 5) is 50.4. The van der Waals surface area contributed by atoms with Crippen molar-refractivity contribution in [2.45, 2.75) is 106 Å². The molecule has 4 fully saturated rings. The van der Waals surface area contributed by atoms with Crippen molar-refractivity contribution < 1.29 is 38.9 Å². The summed E-state index contributed by atoms with van der Waals surface area (Å²) in [6.07, 6.45) is 15.0. The highest BCUT2D eigenvalue weighted by Crippen LogP contribution is 2.72. The lowest BCUT2D eigenvalue weighted by Crippen LogP contribution is -2.53.